The SMILES string of the molecule is CCn1nc(C(C)C)cc1C(=O)NCC(C)(CC)C(=O)O. The second-order valence-corrected chi connectivity index (χ2v) is 5.83. The van der Waals surface area contributed by atoms with Crippen LogP contribution in [0.1, 0.15) is 63.1 Å². The van der Waals surface area contributed by atoms with Crippen molar-refractivity contribution in [3.8, 4) is 0 Å². The molecule has 0 radical (unpaired) electrons. The topological polar surface area (TPSA) is 84.2 Å². The van der Waals surface area contributed by atoms with Crippen molar-refractivity contribution in [2.45, 2.75) is 53.5 Å². The highest BCUT2D eigenvalue weighted by Crippen LogP contribution is 2.20. The van der Waals surface area contributed by atoms with E-state index in [0.29, 0.717) is 18.7 Å². The maximum atomic E-state index is 12.3. The molecule has 1 atom stereocenters. The van der Waals surface area contributed by atoms with Crippen LogP contribution in [0.2, 0.25) is 0 Å². The second-order valence-electron chi connectivity index (χ2n) is 5.83. The number of aliphatic carboxylic acids is 1. The average molecular weight is 295 g/mol. The van der Waals surface area contributed by atoms with E-state index in [-0.39, 0.29) is 18.4 Å². The lowest BCUT2D eigenvalue weighted by Crippen LogP contribution is -2.41. The normalized spacial score (nSPS) is 14.0. The van der Waals surface area contributed by atoms with Gasteiger partial charge in [0.05, 0.1) is 11.1 Å². The summed E-state index contributed by atoms with van der Waals surface area (Å²) in [5, 5.41) is 16.3. The molecule has 0 aliphatic carbocycles. The van der Waals surface area contributed by atoms with Crippen molar-refractivity contribution in [3.05, 3.63) is 17.5 Å². The first-order valence-electron chi connectivity index (χ1n) is 7.34. The summed E-state index contributed by atoms with van der Waals surface area (Å²) < 4.78 is 1.65. The van der Waals surface area contributed by atoms with E-state index in [4.69, 9.17) is 0 Å². The molecule has 0 fully saturated rings. The van der Waals surface area contributed by atoms with Crippen LogP contribution in [0, 0.1) is 5.41 Å². The van der Waals surface area contributed by atoms with Crippen molar-refractivity contribution in [3.63, 3.8) is 0 Å². The van der Waals surface area contributed by atoms with Gasteiger partial charge in [0, 0.05) is 13.1 Å². The summed E-state index contributed by atoms with van der Waals surface area (Å²) in [6, 6.07) is 1.77. The van der Waals surface area contributed by atoms with E-state index in [2.05, 4.69) is 10.4 Å². The smallest absolute Gasteiger partial charge is 0.311 e. The Morgan fingerprint density at radius 2 is 2.05 bits per heavy atom. The minimum absolute atomic E-state index is 0.101. The predicted octanol–water partition coefficient (Wildman–Crippen LogP) is 2.26. The van der Waals surface area contributed by atoms with Crippen LogP contribution in [0.4, 0.5) is 0 Å². The van der Waals surface area contributed by atoms with E-state index in [9.17, 15) is 14.7 Å². The van der Waals surface area contributed by atoms with Crippen molar-refractivity contribution in [1.29, 1.82) is 0 Å². The Bertz CT molecular complexity index is 522. The van der Waals surface area contributed by atoms with Gasteiger partial charge in [-0.2, -0.15) is 5.10 Å². The van der Waals surface area contributed by atoms with Gasteiger partial charge in [0.1, 0.15) is 5.69 Å². The van der Waals surface area contributed by atoms with Crippen LogP contribution >= 0.6 is 0 Å². The lowest BCUT2D eigenvalue weighted by atomic mass is 9.88. The third kappa shape index (κ3) is 3.83. The average Bonchev–Trinajstić information content (AvgIpc) is 2.88. The van der Waals surface area contributed by atoms with Crippen LogP contribution in [0.3, 0.4) is 0 Å². The Labute approximate surface area is 125 Å². The van der Waals surface area contributed by atoms with Crippen molar-refractivity contribution in [2.24, 2.45) is 5.41 Å². The largest absolute Gasteiger partial charge is 0.481 e. The summed E-state index contributed by atoms with van der Waals surface area (Å²) in [4.78, 5) is 23.5. The standard InChI is InChI=1S/C15H25N3O3/c1-6-15(5,14(20)21)9-16-13(19)12-8-11(10(3)4)17-18(12)7-2/h8,10H,6-7,9H2,1-5H3,(H,16,19)(H,20,21). The van der Waals surface area contributed by atoms with Gasteiger partial charge in [0.2, 0.25) is 0 Å². The Morgan fingerprint density at radius 3 is 2.48 bits per heavy atom. The number of hydrogen-bond donors (Lipinski definition) is 2. The fraction of sp³-hybridized carbons (Fsp3) is 0.667. The zero-order valence-corrected chi connectivity index (χ0v) is 13.4. The molecule has 0 bridgehead atoms. The molecule has 1 aromatic rings. The summed E-state index contributed by atoms with van der Waals surface area (Å²) in [6.07, 6.45) is 0.451. The predicted molar refractivity (Wildman–Crippen MR) is 80.4 cm³/mol. The van der Waals surface area contributed by atoms with Crippen LogP contribution < -0.4 is 5.32 Å². The number of nitrogens with zero attached hydrogens (tertiary/aromatic N) is 2. The number of hydrogen-bond acceptors (Lipinski definition) is 3. The van der Waals surface area contributed by atoms with Crippen LogP contribution in [0.5, 0.6) is 0 Å². The van der Waals surface area contributed by atoms with E-state index in [1.54, 1.807) is 24.6 Å². The van der Waals surface area contributed by atoms with Gasteiger partial charge in [-0.25, -0.2) is 0 Å². The minimum Gasteiger partial charge on any atom is -0.481 e. The number of carboxylic acid groups (broad SMARTS) is 1. The van der Waals surface area contributed by atoms with Gasteiger partial charge in [-0.1, -0.05) is 20.8 Å². The Morgan fingerprint density at radius 1 is 1.43 bits per heavy atom. The highest BCUT2D eigenvalue weighted by Gasteiger charge is 2.32. The summed E-state index contributed by atoms with van der Waals surface area (Å²) in [7, 11) is 0. The maximum absolute atomic E-state index is 12.3. The number of carboxylic acids is 1. The Kier molecular flexibility index (Phi) is 5.52. The van der Waals surface area contributed by atoms with Gasteiger partial charge >= 0.3 is 5.97 Å². The fourth-order valence-corrected chi connectivity index (χ4v) is 1.86. The number of aryl methyl sites for hydroxylation is 1. The zero-order chi connectivity index (χ0) is 16.2. The monoisotopic (exact) mass is 295 g/mol. The van der Waals surface area contributed by atoms with Crippen molar-refractivity contribution < 1.29 is 14.7 Å². The van der Waals surface area contributed by atoms with Gasteiger partial charge in [0.15, 0.2) is 0 Å². The molecule has 0 aliphatic heterocycles. The molecule has 6 nitrogen and oxygen atoms in total. The molecule has 0 aliphatic rings. The summed E-state index contributed by atoms with van der Waals surface area (Å²) in [6.45, 7) is 10.1. The summed E-state index contributed by atoms with van der Waals surface area (Å²) in [5.74, 6) is -0.946. The van der Waals surface area contributed by atoms with Gasteiger partial charge in [0.25, 0.3) is 5.91 Å². The van der Waals surface area contributed by atoms with Gasteiger partial charge in [-0.15, -0.1) is 0 Å². The Balaban J connectivity index is 2.87. The van der Waals surface area contributed by atoms with Gasteiger partial charge < -0.3 is 10.4 Å². The van der Waals surface area contributed by atoms with Crippen LogP contribution in [0.15, 0.2) is 6.07 Å². The molecule has 118 valence electrons. The number of rotatable bonds is 7. The van der Waals surface area contributed by atoms with Crippen LogP contribution in [-0.4, -0.2) is 33.3 Å². The molecular weight excluding hydrogens is 270 g/mol. The lowest BCUT2D eigenvalue weighted by molar-refractivity contribution is -0.147. The zero-order valence-electron chi connectivity index (χ0n) is 13.4. The lowest BCUT2D eigenvalue weighted by Gasteiger charge is -2.23. The molecule has 21 heavy (non-hydrogen) atoms. The molecule has 0 spiro atoms. The molecule has 1 rings (SSSR count). The first kappa shape index (κ1) is 17.2. The molecular formula is C15H25N3O3. The summed E-state index contributed by atoms with van der Waals surface area (Å²) in [5.41, 5.74) is 0.386. The van der Waals surface area contributed by atoms with E-state index < -0.39 is 11.4 Å². The number of carbonyl (C=O) groups is 2. The molecule has 0 saturated heterocycles. The number of carbonyl (C=O) groups excluding carboxylic acids is 1. The Hall–Kier alpha value is -1.85. The summed E-state index contributed by atoms with van der Waals surface area (Å²) >= 11 is 0. The number of nitrogens with one attached hydrogen (secondary N) is 1. The molecule has 1 aromatic heterocycles. The van der Waals surface area contributed by atoms with Crippen molar-refractivity contribution >= 4 is 11.9 Å². The van der Waals surface area contributed by atoms with Gasteiger partial charge in [-0.3, -0.25) is 14.3 Å². The molecule has 0 saturated carbocycles. The minimum atomic E-state index is -0.951. The first-order chi connectivity index (χ1) is 9.75. The van der Waals surface area contributed by atoms with Crippen molar-refractivity contribution in [1.82, 2.24) is 15.1 Å². The van der Waals surface area contributed by atoms with Crippen LogP contribution in [0.25, 0.3) is 0 Å². The molecule has 2 N–H and O–H groups in total. The molecule has 6 heteroatoms. The fourth-order valence-electron chi connectivity index (χ4n) is 1.86. The first-order valence-corrected chi connectivity index (χ1v) is 7.34. The highest BCUT2D eigenvalue weighted by atomic mass is 16.4. The van der Waals surface area contributed by atoms with E-state index >= 15 is 0 Å². The highest BCUT2D eigenvalue weighted by molar-refractivity contribution is 5.93. The number of amides is 1. The molecule has 1 heterocycles. The molecule has 1 unspecified atom stereocenters. The van der Waals surface area contributed by atoms with E-state index in [0.717, 1.165) is 5.69 Å². The number of aromatic nitrogens is 2. The molecule has 1 amide bonds. The molecule has 0 aromatic carbocycles. The van der Waals surface area contributed by atoms with E-state index in [1.165, 1.54) is 0 Å². The third-order valence-electron chi connectivity index (χ3n) is 3.86. The maximum Gasteiger partial charge on any atom is 0.311 e. The van der Waals surface area contributed by atoms with Crippen LogP contribution in [-0.2, 0) is 11.3 Å². The van der Waals surface area contributed by atoms with E-state index in [1.807, 2.05) is 20.8 Å². The van der Waals surface area contributed by atoms with Crippen molar-refractivity contribution in [2.75, 3.05) is 6.54 Å². The quantitative estimate of drug-likeness (QED) is 0.808. The third-order valence-corrected chi connectivity index (χ3v) is 3.86. The second kappa shape index (κ2) is 6.74. The van der Waals surface area contributed by atoms with Gasteiger partial charge in [-0.05, 0) is 32.3 Å².